The maximum atomic E-state index is 13.0. The zero-order valence-electron chi connectivity index (χ0n) is 13.5. The van der Waals surface area contributed by atoms with E-state index in [2.05, 4.69) is 36.5 Å². The third-order valence-corrected chi connectivity index (χ3v) is 4.68. The van der Waals surface area contributed by atoms with Crippen molar-refractivity contribution in [3.05, 3.63) is 65.5 Å². The van der Waals surface area contributed by atoms with Gasteiger partial charge in [-0.2, -0.15) is 0 Å². The van der Waals surface area contributed by atoms with Gasteiger partial charge in [0, 0.05) is 12.7 Å². The predicted octanol–water partition coefficient (Wildman–Crippen LogP) is 4.36. The SMILES string of the molecule is Cc1ccc(C2(NC(=O)N(C)c3ccc(F)cc3)CCC2)cc1. The van der Waals surface area contributed by atoms with E-state index >= 15 is 0 Å². The summed E-state index contributed by atoms with van der Waals surface area (Å²) in [5.41, 5.74) is 2.74. The van der Waals surface area contributed by atoms with Gasteiger partial charge in [0.05, 0.1) is 5.54 Å². The number of urea groups is 1. The molecule has 1 fully saturated rings. The van der Waals surface area contributed by atoms with Crippen LogP contribution in [0.2, 0.25) is 0 Å². The Morgan fingerprint density at radius 2 is 1.70 bits per heavy atom. The first-order chi connectivity index (χ1) is 11.0. The van der Waals surface area contributed by atoms with Crippen LogP contribution >= 0.6 is 0 Å². The number of rotatable bonds is 3. The molecule has 2 aromatic rings. The van der Waals surface area contributed by atoms with Gasteiger partial charge in [-0.1, -0.05) is 29.8 Å². The summed E-state index contributed by atoms with van der Waals surface area (Å²) in [5, 5.41) is 3.17. The van der Waals surface area contributed by atoms with Crippen LogP contribution in [0.4, 0.5) is 14.9 Å². The van der Waals surface area contributed by atoms with Gasteiger partial charge in [-0.25, -0.2) is 9.18 Å². The fourth-order valence-corrected chi connectivity index (χ4v) is 2.96. The molecule has 0 radical (unpaired) electrons. The molecular weight excluding hydrogens is 291 g/mol. The maximum Gasteiger partial charge on any atom is 0.322 e. The number of benzene rings is 2. The van der Waals surface area contributed by atoms with Crippen LogP contribution in [-0.2, 0) is 5.54 Å². The first kappa shape index (κ1) is 15.5. The second-order valence-electron chi connectivity index (χ2n) is 6.27. The topological polar surface area (TPSA) is 32.3 Å². The number of hydrogen-bond donors (Lipinski definition) is 1. The minimum absolute atomic E-state index is 0.170. The van der Waals surface area contributed by atoms with E-state index in [0.29, 0.717) is 5.69 Å². The Bertz CT molecular complexity index is 690. The average Bonchev–Trinajstić information content (AvgIpc) is 2.52. The van der Waals surface area contributed by atoms with Gasteiger partial charge in [-0.3, -0.25) is 4.90 Å². The lowest BCUT2D eigenvalue weighted by Crippen LogP contribution is -2.54. The number of hydrogen-bond acceptors (Lipinski definition) is 1. The molecule has 2 aromatic carbocycles. The molecule has 0 unspecified atom stereocenters. The van der Waals surface area contributed by atoms with Gasteiger partial charge < -0.3 is 5.32 Å². The van der Waals surface area contributed by atoms with Crippen molar-refractivity contribution in [1.82, 2.24) is 5.32 Å². The molecule has 0 atom stereocenters. The van der Waals surface area contributed by atoms with E-state index in [1.54, 1.807) is 19.2 Å². The van der Waals surface area contributed by atoms with Crippen LogP contribution in [0, 0.1) is 12.7 Å². The van der Waals surface area contributed by atoms with Crippen molar-refractivity contribution in [2.45, 2.75) is 31.7 Å². The van der Waals surface area contributed by atoms with Gasteiger partial charge in [0.1, 0.15) is 5.82 Å². The monoisotopic (exact) mass is 312 g/mol. The van der Waals surface area contributed by atoms with Crippen molar-refractivity contribution in [2.75, 3.05) is 11.9 Å². The number of nitrogens with zero attached hydrogens (tertiary/aromatic N) is 1. The van der Waals surface area contributed by atoms with Crippen LogP contribution in [0.15, 0.2) is 48.5 Å². The third-order valence-electron chi connectivity index (χ3n) is 4.68. The van der Waals surface area contributed by atoms with Gasteiger partial charge in [0.15, 0.2) is 0 Å². The van der Waals surface area contributed by atoms with Crippen molar-refractivity contribution in [3.8, 4) is 0 Å². The van der Waals surface area contributed by atoms with Crippen LogP contribution in [0.1, 0.15) is 30.4 Å². The molecule has 3 rings (SSSR count). The second kappa shape index (κ2) is 6.03. The largest absolute Gasteiger partial charge is 0.328 e. The van der Waals surface area contributed by atoms with E-state index in [0.717, 1.165) is 24.8 Å². The highest BCUT2D eigenvalue weighted by atomic mass is 19.1. The molecule has 1 aliphatic rings. The Morgan fingerprint density at radius 3 is 2.22 bits per heavy atom. The molecule has 0 aromatic heterocycles. The van der Waals surface area contributed by atoms with Crippen molar-refractivity contribution < 1.29 is 9.18 Å². The Balaban J connectivity index is 1.77. The van der Waals surface area contributed by atoms with Gasteiger partial charge in [-0.15, -0.1) is 0 Å². The number of nitrogens with one attached hydrogen (secondary N) is 1. The summed E-state index contributed by atoms with van der Waals surface area (Å²) < 4.78 is 13.0. The molecule has 4 heteroatoms. The first-order valence-electron chi connectivity index (χ1n) is 7.89. The van der Waals surface area contributed by atoms with Gasteiger partial charge in [0.2, 0.25) is 0 Å². The van der Waals surface area contributed by atoms with E-state index in [9.17, 15) is 9.18 Å². The summed E-state index contributed by atoms with van der Waals surface area (Å²) in [5.74, 6) is -0.308. The average molecular weight is 312 g/mol. The van der Waals surface area contributed by atoms with Crippen molar-refractivity contribution >= 4 is 11.7 Å². The van der Waals surface area contributed by atoms with E-state index in [1.165, 1.54) is 22.6 Å². The van der Waals surface area contributed by atoms with Crippen LogP contribution in [0.25, 0.3) is 0 Å². The summed E-state index contributed by atoms with van der Waals surface area (Å²) in [6.07, 6.45) is 2.99. The number of halogens is 1. The van der Waals surface area contributed by atoms with Crippen molar-refractivity contribution in [3.63, 3.8) is 0 Å². The molecule has 0 bridgehead atoms. The standard InChI is InChI=1S/C19H21FN2O/c1-14-4-6-15(7-5-14)19(12-3-13-19)21-18(23)22(2)17-10-8-16(20)9-11-17/h4-11H,3,12-13H2,1-2H3,(H,21,23). The molecule has 1 saturated carbocycles. The first-order valence-corrected chi connectivity index (χ1v) is 7.89. The van der Waals surface area contributed by atoms with Crippen LogP contribution in [0.5, 0.6) is 0 Å². The fourth-order valence-electron chi connectivity index (χ4n) is 2.96. The Morgan fingerprint density at radius 1 is 1.09 bits per heavy atom. The quantitative estimate of drug-likeness (QED) is 0.897. The molecule has 0 aliphatic heterocycles. The summed E-state index contributed by atoms with van der Waals surface area (Å²) in [6, 6.07) is 14.1. The Labute approximate surface area is 136 Å². The number of amides is 2. The van der Waals surface area contributed by atoms with Gasteiger partial charge >= 0.3 is 6.03 Å². The fraction of sp³-hybridized carbons (Fsp3) is 0.316. The molecule has 1 aliphatic carbocycles. The summed E-state index contributed by atoms with van der Waals surface area (Å²) in [7, 11) is 1.70. The summed E-state index contributed by atoms with van der Waals surface area (Å²) >= 11 is 0. The molecule has 3 nitrogen and oxygen atoms in total. The van der Waals surface area contributed by atoms with Crippen LogP contribution in [0.3, 0.4) is 0 Å². The molecule has 120 valence electrons. The van der Waals surface area contributed by atoms with E-state index in [-0.39, 0.29) is 17.4 Å². The molecule has 0 heterocycles. The van der Waals surface area contributed by atoms with E-state index in [4.69, 9.17) is 0 Å². The number of carbonyl (C=O) groups excluding carboxylic acids is 1. The van der Waals surface area contributed by atoms with Crippen molar-refractivity contribution in [2.24, 2.45) is 0 Å². The van der Waals surface area contributed by atoms with Crippen molar-refractivity contribution in [1.29, 1.82) is 0 Å². The second-order valence-corrected chi connectivity index (χ2v) is 6.27. The lowest BCUT2D eigenvalue weighted by Gasteiger charge is -2.44. The lowest BCUT2D eigenvalue weighted by atomic mass is 9.72. The van der Waals surface area contributed by atoms with Gasteiger partial charge in [0.25, 0.3) is 0 Å². The Hall–Kier alpha value is -2.36. The molecule has 0 saturated heterocycles. The molecule has 1 N–H and O–H groups in total. The maximum absolute atomic E-state index is 13.0. The van der Waals surface area contributed by atoms with Crippen LogP contribution < -0.4 is 10.2 Å². The molecule has 0 spiro atoms. The number of anilines is 1. The minimum Gasteiger partial charge on any atom is -0.328 e. The zero-order chi connectivity index (χ0) is 16.4. The number of carbonyl (C=O) groups is 1. The zero-order valence-corrected chi connectivity index (χ0v) is 13.5. The van der Waals surface area contributed by atoms with Gasteiger partial charge in [-0.05, 0) is 56.0 Å². The highest BCUT2D eigenvalue weighted by Crippen LogP contribution is 2.41. The smallest absolute Gasteiger partial charge is 0.322 e. The van der Waals surface area contributed by atoms with E-state index < -0.39 is 0 Å². The normalized spacial score (nSPS) is 15.6. The third kappa shape index (κ3) is 3.07. The minimum atomic E-state index is -0.308. The molecule has 2 amide bonds. The molecule has 23 heavy (non-hydrogen) atoms. The van der Waals surface area contributed by atoms with Crippen LogP contribution in [-0.4, -0.2) is 13.1 Å². The molecular formula is C19H21FN2O. The predicted molar refractivity (Wildman–Crippen MR) is 90.0 cm³/mol. The Kier molecular flexibility index (Phi) is 4.07. The summed E-state index contributed by atoms with van der Waals surface area (Å²) in [4.78, 5) is 14.1. The highest BCUT2D eigenvalue weighted by molar-refractivity contribution is 5.92. The lowest BCUT2D eigenvalue weighted by molar-refractivity contribution is 0.182. The number of aryl methyl sites for hydroxylation is 1. The van der Waals surface area contributed by atoms with E-state index in [1.807, 2.05) is 0 Å². The summed E-state index contributed by atoms with van der Waals surface area (Å²) in [6.45, 7) is 2.05. The highest BCUT2D eigenvalue weighted by Gasteiger charge is 2.40.